The molecular formula is C17H10ClF6NO. The Balaban J connectivity index is 2.13. The number of nitrogens with one attached hydrogen (secondary N) is 1. The van der Waals surface area contributed by atoms with Crippen LogP contribution in [0.25, 0.3) is 6.08 Å². The Labute approximate surface area is 149 Å². The van der Waals surface area contributed by atoms with E-state index < -0.39 is 34.4 Å². The Bertz CT molecular complexity index is 842. The minimum absolute atomic E-state index is 0.0564. The molecule has 0 heterocycles. The van der Waals surface area contributed by atoms with Crippen molar-refractivity contribution >= 4 is 29.3 Å². The number of anilines is 1. The summed E-state index contributed by atoms with van der Waals surface area (Å²) >= 11 is 5.49. The number of halogens is 7. The number of alkyl halides is 6. The molecule has 0 saturated heterocycles. The topological polar surface area (TPSA) is 29.1 Å². The summed E-state index contributed by atoms with van der Waals surface area (Å²) in [5.41, 5.74) is -2.03. The lowest BCUT2D eigenvalue weighted by atomic mass is 10.1. The Hall–Kier alpha value is -2.48. The van der Waals surface area contributed by atoms with Crippen LogP contribution < -0.4 is 5.32 Å². The molecule has 1 amide bonds. The van der Waals surface area contributed by atoms with Crippen molar-refractivity contribution in [1.29, 1.82) is 0 Å². The van der Waals surface area contributed by atoms with Crippen LogP contribution in [0.1, 0.15) is 16.7 Å². The van der Waals surface area contributed by atoms with Gasteiger partial charge in [-0.3, -0.25) is 4.79 Å². The molecule has 0 spiro atoms. The molecule has 0 atom stereocenters. The standard InChI is InChI=1S/C17H10ClF6NO/c18-14-6-4-10(8-13(14)17(22,23)24)5-7-15(26)25-12-3-1-2-11(9-12)16(19,20)21/h1-9H,(H,25,26)/b7-5+. The molecule has 138 valence electrons. The van der Waals surface area contributed by atoms with Crippen molar-refractivity contribution in [3.8, 4) is 0 Å². The molecule has 2 aromatic rings. The summed E-state index contributed by atoms with van der Waals surface area (Å²) in [4.78, 5) is 11.8. The Morgan fingerprint density at radius 1 is 0.962 bits per heavy atom. The van der Waals surface area contributed by atoms with E-state index >= 15 is 0 Å². The van der Waals surface area contributed by atoms with Crippen LogP contribution in [0, 0.1) is 0 Å². The van der Waals surface area contributed by atoms with E-state index in [4.69, 9.17) is 11.6 Å². The second kappa shape index (κ2) is 7.41. The van der Waals surface area contributed by atoms with Crippen LogP contribution >= 0.6 is 11.6 Å². The van der Waals surface area contributed by atoms with Crippen molar-refractivity contribution < 1.29 is 31.1 Å². The van der Waals surface area contributed by atoms with Crippen LogP contribution in [0.3, 0.4) is 0 Å². The molecule has 2 aromatic carbocycles. The highest BCUT2D eigenvalue weighted by atomic mass is 35.5. The van der Waals surface area contributed by atoms with Crippen molar-refractivity contribution in [3.05, 3.63) is 70.3 Å². The first kappa shape index (κ1) is 19.8. The van der Waals surface area contributed by atoms with Gasteiger partial charge in [0.25, 0.3) is 0 Å². The summed E-state index contributed by atoms with van der Waals surface area (Å²) in [7, 11) is 0. The summed E-state index contributed by atoms with van der Waals surface area (Å²) in [6.45, 7) is 0. The van der Waals surface area contributed by atoms with Gasteiger partial charge in [0.15, 0.2) is 0 Å². The Kier molecular flexibility index (Phi) is 5.65. The van der Waals surface area contributed by atoms with Crippen LogP contribution in [-0.4, -0.2) is 5.91 Å². The molecule has 0 aliphatic rings. The fourth-order valence-electron chi connectivity index (χ4n) is 1.99. The summed E-state index contributed by atoms with van der Waals surface area (Å²) in [6.07, 6.45) is -7.22. The van der Waals surface area contributed by atoms with E-state index in [0.717, 1.165) is 42.5 Å². The molecule has 2 rings (SSSR count). The minimum Gasteiger partial charge on any atom is -0.322 e. The number of carbonyl (C=O) groups excluding carboxylic acids is 1. The smallest absolute Gasteiger partial charge is 0.322 e. The number of amides is 1. The summed E-state index contributed by atoms with van der Waals surface area (Å²) in [5, 5.41) is 1.72. The lowest BCUT2D eigenvalue weighted by Crippen LogP contribution is -2.10. The third-order valence-corrected chi connectivity index (χ3v) is 3.51. The predicted octanol–water partition coefficient (Wildman–Crippen LogP) is 6.03. The average molecular weight is 394 g/mol. The molecule has 0 radical (unpaired) electrons. The Morgan fingerprint density at radius 2 is 1.65 bits per heavy atom. The molecule has 0 unspecified atom stereocenters. The fraction of sp³-hybridized carbons (Fsp3) is 0.118. The number of benzene rings is 2. The lowest BCUT2D eigenvalue weighted by molar-refractivity contribution is -0.138. The van der Waals surface area contributed by atoms with Gasteiger partial charge >= 0.3 is 12.4 Å². The molecule has 1 N–H and O–H groups in total. The molecule has 9 heteroatoms. The van der Waals surface area contributed by atoms with Gasteiger partial charge in [-0.2, -0.15) is 26.3 Å². The monoisotopic (exact) mass is 393 g/mol. The van der Waals surface area contributed by atoms with E-state index in [1.807, 2.05) is 0 Å². The van der Waals surface area contributed by atoms with Gasteiger partial charge in [0.2, 0.25) is 5.91 Å². The van der Waals surface area contributed by atoms with Crippen molar-refractivity contribution in [3.63, 3.8) is 0 Å². The number of hydrogen-bond acceptors (Lipinski definition) is 1. The van der Waals surface area contributed by atoms with Crippen LogP contribution in [0.5, 0.6) is 0 Å². The van der Waals surface area contributed by atoms with Gasteiger partial charge < -0.3 is 5.32 Å². The van der Waals surface area contributed by atoms with Gasteiger partial charge in [-0.1, -0.05) is 23.7 Å². The highest BCUT2D eigenvalue weighted by molar-refractivity contribution is 6.31. The van der Waals surface area contributed by atoms with Gasteiger partial charge in [-0.05, 0) is 42.0 Å². The second-order valence-corrected chi connectivity index (χ2v) is 5.55. The van der Waals surface area contributed by atoms with E-state index in [0.29, 0.717) is 0 Å². The second-order valence-electron chi connectivity index (χ2n) is 5.14. The zero-order valence-corrected chi connectivity index (χ0v) is 13.5. The number of hydrogen-bond donors (Lipinski definition) is 1. The lowest BCUT2D eigenvalue weighted by Gasteiger charge is -2.09. The average Bonchev–Trinajstić information content (AvgIpc) is 2.52. The first-order valence-corrected chi connectivity index (χ1v) is 7.38. The normalized spacial score (nSPS) is 12.4. The predicted molar refractivity (Wildman–Crippen MR) is 85.6 cm³/mol. The maximum Gasteiger partial charge on any atom is 0.417 e. The molecule has 0 saturated carbocycles. The highest BCUT2D eigenvalue weighted by Gasteiger charge is 2.33. The van der Waals surface area contributed by atoms with Crippen LogP contribution in [0.2, 0.25) is 5.02 Å². The van der Waals surface area contributed by atoms with Gasteiger partial charge in [-0.25, -0.2) is 0 Å². The first-order valence-electron chi connectivity index (χ1n) is 7.00. The third-order valence-electron chi connectivity index (χ3n) is 3.18. The van der Waals surface area contributed by atoms with Gasteiger partial charge in [-0.15, -0.1) is 0 Å². The molecule has 26 heavy (non-hydrogen) atoms. The molecule has 0 bridgehead atoms. The zero-order valence-electron chi connectivity index (χ0n) is 12.8. The van der Waals surface area contributed by atoms with Crippen molar-refractivity contribution in [2.45, 2.75) is 12.4 Å². The Morgan fingerprint density at radius 3 is 2.27 bits per heavy atom. The van der Waals surface area contributed by atoms with Crippen molar-refractivity contribution in [1.82, 2.24) is 0 Å². The van der Waals surface area contributed by atoms with Crippen LogP contribution in [0.15, 0.2) is 48.5 Å². The van der Waals surface area contributed by atoms with Gasteiger partial charge in [0.1, 0.15) is 0 Å². The third kappa shape index (κ3) is 5.26. The molecular weight excluding hydrogens is 384 g/mol. The first-order chi connectivity index (χ1) is 12.0. The molecule has 0 aliphatic heterocycles. The molecule has 0 aliphatic carbocycles. The maximum atomic E-state index is 12.8. The van der Waals surface area contributed by atoms with Crippen molar-refractivity contribution in [2.24, 2.45) is 0 Å². The van der Waals surface area contributed by atoms with E-state index in [9.17, 15) is 31.1 Å². The van der Waals surface area contributed by atoms with E-state index in [2.05, 4.69) is 5.32 Å². The SMILES string of the molecule is O=C(/C=C/c1ccc(Cl)c(C(F)(F)F)c1)Nc1cccc(C(F)(F)F)c1. The summed E-state index contributed by atoms with van der Waals surface area (Å²) in [6, 6.07) is 7.03. The molecule has 0 fully saturated rings. The minimum atomic E-state index is -4.65. The van der Waals surface area contributed by atoms with Gasteiger partial charge in [0, 0.05) is 11.8 Å². The highest BCUT2D eigenvalue weighted by Crippen LogP contribution is 2.35. The number of carbonyl (C=O) groups is 1. The van der Waals surface area contributed by atoms with Gasteiger partial charge in [0.05, 0.1) is 16.1 Å². The quantitative estimate of drug-likeness (QED) is 0.500. The summed E-state index contributed by atoms with van der Waals surface area (Å²) < 4.78 is 76.1. The van der Waals surface area contributed by atoms with E-state index in [1.165, 1.54) is 12.1 Å². The zero-order chi connectivity index (χ0) is 19.5. The molecule has 0 aromatic heterocycles. The maximum absolute atomic E-state index is 12.8. The van der Waals surface area contributed by atoms with E-state index in [-0.39, 0.29) is 11.3 Å². The van der Waals surface area contributed by atoms with E-state index in [1.54, 1.807) is 0 Å². The van der Waals surface area contributed by atoms with Crippen molar-refractivity contribution in [2.75, 3.05) is 5.32 Å². The van der Waals surface area contributed by atoms with Crippen LogP contribution in [0.4, 0.5) is 32.0 Å². The number of rotatable bonds is 3. The molecule has 2 nitrogen and oxygen atoms in total. The largest absolute Gasteiger partial charge is 0.417 e. The fourth-order valence-corrected chi connectivity index (χ4v) is 2.22. The van der Waals surface area contributed by atoms with Crippen LogP contribution in [-0.2, 0) is 17.1 Å². The summed E-state index contributed by atoms with van der Waals surface area (Å²) in [5.74, 6) is -0.798.